The Morgan fingerprint density at radius 2 is 2.23 bits per heavy atom. The minimum Gasteiger partial charge on any atom is -0.386 e. The number of halogens is 1. The first-order valence-corrected chi connectivity index (χ1v) is 5.58. The van der Waals surface area contributed by atoms with Gasteiger partial charge < -0.3 is 5.11 Å². The van der Waals surface area contributed by atoms with Crippen molar-refractivity contribution in [2.24, 2.45) is 5.92 Å². The molecule has 0 amide bonds. The van der Waals surface area contributed by atoms with Crippen LogP contribution in [0.2, 0.25) is 4.34 Å². The van der Waals surface area contributed by atoms with E-state index in [0.29, 0.717) is 10.3 Å². The lowest BCUT2D eigenvalue weighted by molar-refractivity contribution is 0.159. The topological polar surface area (TPSA) is 33.1 Å². The number of hydrogen-bond donors (Lipinski definition) is 1. The Kier molecular flexibility index (Phi) is 4.16. The fraction of sp³-hybridized carbons (Fsp3) is 0.667. The van der Waals surface area contributed by atoms with E-state index in [1.165, 1.54) is 11.3 Å². The van der Waals surface area contributed by atoms with E-state index in [1.807, 2.05) is 0 Å². The molecule has 0 saturated heterocycles. The van der Waals surface area contributed by atoms with E-state index >= 15 is 0 Å². The molecule has 0 aliphatic carbocycles. The van der Waals surface area contributed by atoms with Gasteiger partial charge in [0.25, 0.3) is 0 Å². The third kappa shape index (κ3) is 3.63. The van der Waals surface area contributed by atoms with Gasteiger partial charge in [0.15, 0.2) is 0 Å². The van der Waals surface area contributed by atoms with E-state index in [2.05, 4.69) is 18.8 Å². The normalized spacial score (nSPS) is 13.6. The summed E-state index contributed by atoms with van der Waals surface area (Å²) < 4.78 is 0.638. The highest BCUT2D eigenvalue weighted by atomic mass is 35.5. The molecule has 0 bridgehead atoms. The second kappa shape index (κ2) is 4.94. The van der Waals surface area contributed by atoms with Crippen LogP contribution in [0.5, 0.6) is 0 Å². The number of aromatic nitrogens is 1. The van der Waals surface area contributed by atoms with Crippen LogP contribution in [0.25, 0.3) is 0 Å². The molecule has 1 heterocycles. The first-order valence-electron chi connectivity index (χ1n) is 4.39. The van der Waals surface area contributed by atoms with Crippen LogP contribution < -0.4 is 0 Å². The van der Waals surface area contributed by atoms with Crippen molar-refractivity contribution in [2.75, 3.05) is 0 Å². The quantitative estimate of drug-likeness (QED) is 0.843. The highest BCUT2D eigenvalue weighted by Crippen LogP contribution is 2.27. The molecule has 13 heavy (non-hydrogen) atoms. The van der Waals surface area contributed by atoms with E-state index in [1.54, 1.807) is 6.20 Å². The largest absolute Gasteiger partial charge is 0.386 e. The first kappa shape index (κ1) is 11.0. The van der Waals surface area contributed by atoms with Crippen molar-refractivity contribution in [3.8, 4) is 0 Å². The molecule has 0 radical (unpaired) electrons. The van der Waals surface area contributed by atoms with Crippen molar-refractivity contribution in [1.82, 2.24) is 4.98 Å². The van der Waals surface area contributed by atoms with Gasteiger partial charge >= 0.3 is 0 Å². The van der Waals surface area contributed by atoms with Gasteiger partial charge in [0, 0.05) is 0 Å². The molecule has 2 nitrogen and oxygen atoms in total. The van der Waals surface area contributed by atoms with Gasteiger partial charge in [-0.2, -0.15) is 0 Å². The molecule has 0 spiro atoms. The van der Waals surface area contributed by atoms with Crippen LogP contribution >= 0.6 is 22.9 Å². The molecule has 0 fully saturated rings. The summed E-state index contributed by atoms with van der Waals surface area (Å²) in [4.78, 5) is 4.03. The van der Waals surface area contributed by atoms with Crippen molar-refractivity contribution >= 4 is 22.9 Å². The maximum absolute atomic E-state index is 9.67. The monoisotopic (exact) mass is 219 g/mol. The van der Waals surface area contributed by atoms with E-state index < -0.39 is 6.10 Å². The van der Waals surface area contributed by atoms with Crippen molar-refractivity contribution in [3.63, 3.8) is 0 Å². The molecule has 4 heteroatoms. The van der Waals surface area contributed by atoms with Gasteiger partial charge in [0.1, 0.15) is 15.4 Å². The first-order chi connectivity index (χ1) is 6.09. The summed E-state index contributed by atoms with van der Waals surface area (Å²) in [6.07, 6.45) is 2.92. The van der Waals surface area contributed by atoms with Gasteiger partial charge in [0.05, 0.1) is 6.20 Å². The molecule has 1 N–H and O–H groups in total. The third-order valence-electron chi connectivity index (χ3n) is 1.80. The van der Waals surface area contributed by atoms with Gasteiger partial charge in [0.2, 0.25) is 0 Å². The predicted molar refractivity (Wildman–Crippen MR) is 56.2 cm³/mol. The summed E-state index contributed by atoms with van der Waals surface area (Å²) in [5, 5.41) is 10.4. The maximum Gasteiger partial charge on any atom is 0.123 e. The molecular weight excluding hydrogens is 206 g/mol. The number of aliphatic hydroxyl groups is 1. The number of thiazole rings is 1. The highest BCUT2D eigenvalue weighted by molar-refractivity contribution is 7.15. The molecule has 0 aliphatic heterocycles. The van der Waals surface area contributed by atoms with E-state index in [0.717, 1.165) is 17.8 Å². The second-order valence-electron chi connectivity index (χ2n) is 3.49. The molecule has 1 unspecified atom stereocenters. The Morgan fingerprint density at radius 3 is 2.69 bits per heavy atom. The number of rotatable bonds is 4. The Hall–Kier alpha value is -0.120. The highest BCUT2D eigenvalue weighted by Gasteiger charge is 2.12. The standard InChI is InChI=1S/C9H14ClNOS/c1-6(2)3-4-7(12)9-11-5-8(10)13-9/h5-7,12H,3-4H2,1-2H3. The molecular formula is C9H14ClNOS. The maximum atomic E-state index is 9.67. The SMILES string of the molecule is CC(C)CCC(O)c1ncc(Cl)s1. The van der Waals surface area contributed by atoms with Gasteiger partial charge in [-0.3, -0.25) is 0 Å². The van der Waals surface area contributed by atoms with Crippen molar-refractivity contribution in [2.45, 2.75) is 32.8 Å². The predicted octanol–water partition coefficient (Wildman–Crippen LogP) is 3.27. The molecule has 0 saturated carbocycles. The van der Waals surface area contributed by atoms with Crippen LogP contribution in [0, 0.1) is 5.92 Å². The lowest BCUT2D eigenvalue weighted by atomic mass is 10.1. The lowest BCUT2D eigenvalue weighted by Crippen LogP contribution is -1.98. The van der Waals surface area contributed by atoms with Crippen LogP contribution in [0.1, 0.15) is 37.8 Å². The Balaban J connectivity index is 2.44. The van der Waals surface area contributed by atoms with Crippen molar-refractivity contribution in [1.29, 1.82) is 0 Å². The van der Waals surface area contributed by atoms with E-state index in [4.69, 9.17) is 11.6 Å². The molecule has 1 aromatic rings. The van der Waals surface area contributed by atoms with Crippen molar-refractivity contribution < 1.29 is 5.11 Å². The summed E-state index contributed by atoms with van der Waals surface area (Å²) in [6, 6.07) is 0. The van der Waals surface area contributed by atoms with Crippen LogP contribution in [0.15, 0.2) is 6.20 Å². The number of nitrogens with zero attached hydrogens (tertiary/aromatic N) is 1. The smallest absolute Gasteiger partial charge is 0.123 e. The third-order valence-corrected chi connectivity index (χ3v) is 3.01. The number of aliphatic hydroxyl groups excluding tert-OH is 1. The zero-order chi connectivity index (χ0) is 9.84. The molecule has 1 aromatic heterocycles. The average molecular weight is 220 g/mol. The summed E-state index contributed by atoms with van der Waals surface area (Å²) in [5.74, 6) is 0.616. The Morgan fingerprint density at radius 1 is 1.54 bits per heavy atom. The molecule has 74 valence electrons. The molecule has 1 rings (SSSR count). The minimum absolute atomic E-state index is 0.445. The van der Waals surface area contributed by atoms with Crippen LogP contribution in [0.4, 0.5) is 0 Å². The molecule has 0 aromatic carbocycles. The lowest BCUT2D eigenvalue weighted by Gasteiger charge is -2.08. The fourth-order valence-electron chi connectivity index (χ4n) is 1.04. The van der Waals surface area contributed by atoms with E-state index in [9.17, 15) is 5.11 Å². The molecule has 0 aliphatic rings. The second-order valence-corrected chi connectivity index (χ2v) is 5.18. The zero-order valence-electron chi connectivity index (χ0n) is 7.83. The Bertz CT molecular complexity index is 262. The summed E-state index contributed by atoms with van der Waals surface area (Å²) in [5.41, 5.74) is 0. The molecule has 1 atom stereocenters. The van der Waals surface area contributed by atoms with Gasteiger partial charge in [-0.05, 0) is 18.8 Å². The summed E-state index contributed by atoms with van der Waals surface area (Å²) >= 11 is 7.06. The van der Waals surface area contributed by atoms with Gasteiger partial charge in [-0.1, -0.05) is 25.4 Å². The summed E-state index contributed by atoms with van der Waals surface area (Å²) in [7, 11) is 0. The average Bonchev–Trinajstić information content (AvgIpc) is 2.47. The Labute approximate surface area is 87.6 Å². The minimum atomic E-state index is -0.445. The van der Waals surface area contributed by atoms with Crippen molar-refractivity contribution in [3.05, 3.63) is 15.5 Å². The van der Waals surface area contributed by atoms with Gasteiger partial charge in [-0.25, -0.2) is 4.98 Å². The number of hydrogen-bond acceptors (Lipinski definition) is 3. The zero-order valence-corrected chi connectivity index (χ0v) is 9.40. The van der Waals surface area contributed by atoms with E-state index in [-0.39, 0.29) is 0 Å². The van der Waals surface area contributed by atoms with Crippen LogP contribution in [-0.4, -0.2) is 10.1 Å². The fourth-order valence-corrected chi connectivity index (χ4v) is 1.99. The van der Waals surface area contributed by atoms with Gasteiger partial charge in [-0.15, -0.1) is 11.3 Å². The summed E-state index contributed by atoms with van der Waals surface area (Å²) in [6.45, 7) is 4.28. The van der Waals surface area contributed by atoms with Crippen LogP contribution in [-0.2, 0) is 0 Å². The van der Waals surface area contributed by atoms with Crippen LogP contribution in [0.3, 0.4) is 0 Å².